The summed E-state index contributed by atoms with van der Waals surface area (Å²) in [5.41, 5.74) is 7.13. The number of hydrogen-bond acceptors (Lipinski definition) is 2. The SMILES string of the molecule is CCC(N)Cc1cncn1C(C)C. The van der Waals surface area contributed by atoms with Gasteiger partial charge in [-0.15, -0.1) is 0 Å². The van der Waals surface area contributed by atoms with E-state index in [-0.39, 0.29) is 6.04 Å². The van der Waals surface area contributed by atoms with Crippen molar-refractivity contribution in [3.05, 3.63) is 18.2 Å². The third-order valence-corrected chi connectivity index (χ3v) is 2.30. The Balaban J connectivity index is 2.70. The monoisotopic (exact) mass is 181 g/mol. The molecular formula is C10H19N3. The summed E-state index contributed by atoms with van der Waals surface area (Å²) < 4.78 is 2.18. The second kappa shape index (κ2) is 4.42. The summed E-state index contributed by atoms with van der Waals surface area (Å²) in [6.07, 6.45) is 5.73. The molecule has 0 bridgehead atoms. The summed E-state index contributed by atoms with van der Waals surface area (Å²) in [6, 6.07) is 0.732. The van der Waals surface area contributed by atoms with E-state index in [0.29, 0.717) is 6.04 Å². The normalized spacial score (nSPS) is 13.6. The summed E-state index contributed by atoms with van der Waals surface area (Å²) in [6.45, 7) is 6.42. The van der Waals surface area contributed by atoms with Crippen LogP contribution in [0.1, 0.15) is 38.9 Å². The van der Waals surface area contributed by atoms with E-state index in [1.807, 2.05) is 12.5 Å². The van der Waals surface area contributed by atoms with Crippen LogP contribution in [0.4, 0.5) is 0 Å². The van der Waals surface area contributed by atoms with Crippen LogP contribution in [-0.4, -0.2) is 15.6 Å². The fourth-order valence-corrected chi connectivity index (χ4v) is 1.37. The van der Waals surface area contributed by atoms with Gasteiger partial charge in [0.25, 0.3) is 0 Å². The molecule has 74 valence electrons. The number of nitrogens with zero attached hydrogens (tertiary/aromatic N) is 2. The largest absolute Gasteiger partial charge is 0.332 e. The van der Waals surface area contributed by atoms with Gasteiger partial charge in [0, 0.05) is 30.4 Å². The van der Waals surface area contributed by atoms with Crippen LogP contribution >= 0.6 is 0 Å². The van der Waals surface area contributed by atoms with Gasteiger partial charge in [0.1, 0.15) is 0 Å². The minimum Gasteiger partial charge on any atom is -0.332 e. The highest BCUT2D eigenvalue weighted by molar-refractivity contribution is 5.01. The first-order valence-electron chi connectivity index (χ1n) is 4.91. The van der Waals surface area contributed by atoms with Gasteiger partial charge in [-0.2, -0.15) is 0 Å². The molecule has 0 amide bonds. The summed E-state index contributed by atoms with van der Waals surface area (Å²) in [5.74, 6) is 0. The number of aromatic nitrogens is 2. The van der Waals surface area contributed by atoms with Gasteiger partial charge in [-0.25, -0.2) is 4.98 Å². The van der Waals surface area contributed by atoms with Gasteiger partial charge in [-0.3, -0.25) is 0 Å². The minimum atomic E-state index is 0.259. The lowest BCUT2D eigenvalue weighted by Crippen LogP contribution is -2.23. The van der Waals surface area contributed by atoms with E-state index >= 15 is 0 Å². The van der Waals surface area contributed by atoms with Crippen molar-refractivity contribution in [2.24, 2.45) is 5.73 Å². The average molecular weight is 181 g/mol. The lowest BCUT2D eigenvalue weighted by Gasteiger charge is -2.14. The smallest absolute Gasteiger partial charge is 0.0950 e. The summed E-state index contributed by atoms with van der Waals surface area (Å²) in [7, 11) is 0. The van der Waals surface area contributed by atoms with Gasteiger partial charge in [0.15, 0.2) is 0 Å². The highest BCUT2D eigenvalue weighted by atomic mass is 15.1. The Labute approximate surface area is 80.0 Å². The molecule has 3 heteroatoms. The Morgan fingerprint density at radius 1 is 1.54 bits per heavy atom. The van der Waals surface area contributed by atoms with Crippen LogP contribution in [-0.2, 0) is 6.42 Å². The van der Waals surface area contributed by atoms with Crippen LogP contribution in [0.25, 0.3) is 0 Å². The number of rotatable bonds is 4. The predicted molar refractivity (Wildman–Crippen MR) is 54.6 cm³/mol. The van der Waals surface area contributed by atoms with Crippen molar-refractivity contribution in [1.29, 1.82) is 0 Å². The highest BCUT2D eigenvalue weighted by Crippen LogP contribution is 2.10. The fraction of sp³-hybridized carbons (Fsp3) is 0.700. The Morgan fingerprint density at radius 3 is 2.77 bits per heavy atom. The molecule has 0 radical (unpaired) electrons. The van der Waals surface area contributed by atoms with Gasteiger partial charge < -0.3 is 10.3 Å². The maximum atomic E-state index is 5.89. The van der Waals surface area contributed by atoms with Crippen LogP contribution in [0.3, 0.4) is 0 Å². The molecule has 2 N–H and O–H groups in total. The van der Waals surface area contributed by atoms with Crippen LogP contribution in [0.2, 0.25) is 0 Å². The predicted octanol–water partition coefficient (Wildman–Crippen LogP) is 1.74. The number of imidazole rings is 1. The summed E-state index contributed by atoms with van der Waals surface area (Å²) in [4.78, 5) is 4.14. The second-order valence-electron chi connectivity index (χ2n) is 3.76. The van der Waals surface area contributed by atoms with Gasteiger partial charge in [-0.05, 0) is 20.3 Å². The zero-order valence-electron chi connectivity index (χ0n) is 8.70. The molecular weight excluding hydrogens is 162 g/mol. The molecule has 3 nitrogen and oxygen atoms in total. The van der Waals surface area contributed by atoms with E-state index in [4.69, 9.17) is 5.73 Å². The molecule has 0 aromatic carbocycles. The first-order chi connectivity index (χ1) is 6.15. The van der Waals surface area contributed by atoms with Gasteiger partial charge in [0.2, 0.25) is 0 Å². The molecule has 1 unspecified atom stereocenters. The van der Waals surface area contributed by atoms with Crippen molar-refractivity contribution in [3.63, 3.8) is 0 Å². The molecule has 0 saturated carbocycles. The molecule has 0 fully saturated rings. The van der Waals surface area contributed by atoms with E-state index in [2.05, 4.69) is 30.3 Å². The van der Waals surface area contributed by atoms with Crippen molar-refractivity contribution in [2.45, 2.75) is 45.7 Å². The highest BCUT2D eigenvalue weighted by Gasteiger charge is 2.08. The molecule has 1 aromatic rings. The van der Waals surface area contributed by atoms with E-state index < -0.39 is 0 Å². The Bertz CT molecular complexity index is 252. The van der Waals surface area contributed by atoms with E-state index in [9.17, 15) is 0 Å². The Kier molecular flexibility index (Phi) is 3.48. The molecule has 1 atom stereocenters. The van der Waals surface area contributed by atoms with Crippen molar-refractivity contribution in [3.8, 4) is 0 Å². The van der Waals surface area contributed by atoms with Gasteiger partial charge >= 0.3 is 0 Å². The zero-order chi connectivity index (χ0) is 9.84. The average Bonchev–Trinajstić information content (AvgIpc) is 2.52. The molecule has 1 rings (SSSR count). The van der Waals surface area contributed by atoms with Gasteiger partial charge in [-0.1, -0.05) is 6.92 Å². The Hall–Kier alpha value is -0.830. The molecule has 0 aliphatic rings. The van der Waals surface area contributed by atoms with Crippen molar-refractivity contribution < 1.29 is 0 Å². The first-order valence-corrected chi connectivity index (χ1v) is 4.91. The lowest BCUT2D eigenvalue weighted by atomic mass is 10.1. The number of nitrogens with two attached hydrogens (primary N) is 1. The van der Waals surface area contributed by atoms with Crippen molar-refractivity contribution in [2.75, 3.05) is 0 Å². The Morgan fingerprint density at radius 2 is 2.23 bits per heavy atom. The minimum absolute atomic E-state index is 0.259. The summed E-state index contributed by atoms with van der Waals surface area (Å²) >= 11 is 0. The topological polar surface area (TPSA) is 43.8 Å². The molecule has 1 aromatic heterocycles. The van der Waals surface area contributed by atoms with Crippen LogP contribution in [0.5, 0.6) is 0 Å². The molecule has 0 aliphatic carbocycles. The third-order valence-electron chi connectivity index (χ3n) is 2.30. The number of hydrogen-bond donors (Lipinski definition) is 1. The van der Waals surface area contributed by atoms with E-state index in [1.54, 1.807) is 0 Å². The van der Waals surface area contributed by atoms with Crippen LogP contribution in [0.15, 0.2) is 12.5 Å². The molecule has 0 saturated heterocycles. The van der Waals surface area contributed by atoms with Gasteiger partial charge in [0.05, 0.1) is 6.33 Å². The maximum Gasteiger partial charge on any atom is 0.0950 e. The molecule has 0 aliphatic heterocycles. The van der Waals surface area contributed by atoms with Crippen molar-refractivity contribution in [1.82, 2.24) is 9.55 Å². The van der Waals surface area contributed by atoms with Crippen molar-refractivity contribution >= 4 is 0 Å². The van der Waals surface area contributed by atoms with Crippen LogP contribution in [0, 0.1) is 0 Å². The van der Waals surface area contributed by atoms with E-state index in [0.717, 1.165) is 12.8 Å². The maximum absolute atomic E-state index is 5.89. The third kappa shape index (κ3) is 2.56. The van der Waals surface area contributed by atoms with E-state index in [1.165, 1.54) is 5.69 Å². The lowest BCUT2D eigenvalue weighted by molar-refractivity contribution is 0.544. The van der Waals surface area contributed by atoms with Crippen LogP contribution < -0.4 is 5.73 Å². The molecule has 13 heavy (non-hydrogen) atoms. The fourth-order valence-electron chi connectivity index (χ4n) is 1.37. The molecule has 0 spiro atoms. The standard InChI is InChI=1S/C10H19N3/c1-4-9(11)5-10-6-12-7-13(10)8(2)3/h6-9H,4-5,11H2,1-3H3. The zero-order valence-corrected chi connectivity index (χ0v) is 8.70. The summed E-state index contributed by atoms with van der Waals surface area (Å²) in [5, 5.41) is 0. The molecule has 1 heterocycles. The quantitative estimate of drug-likeness (QED) is 0.769. The first kappa shape index (κ1) is 10.3. The second-order valence-corrected chi connectivity index (χ2v) is 3.76.